The smallest absolute Gasteiger partial charge is 0.247 e. The zero-order valence-corrected chi connectivity index (χ0v) is 22.6. The number of nitrogens with zero attached hydrogens (tertiary/aromatic N) is 4. The van der Waals surface area contributed by atoms with Crippen LogP contribution in [0.15, 0.2) is 54.6 Å². The van der Waals surface area contributed by atoms with E-state index in [9.17, 15) is 19.5 Å². The molecule has 1 spiro atoms. The molecular formula is C29H34N6O5. The lowest BCUT2D eigenvalue weighted by Gasteiger charge is -2.37. The monoisotopic (exact) mass is 546 g/mol. The molecule has 1 aromatic heterocycles. The average molecular weight is 547 g/mol. The Morgan fingerprint density at radius 3 is 2.60 bits per heavy atom. The number of fused-ring (bicyclic) bond motifs is 2. The molecule has 3 amide bonds. The van der Waals surface area contributed by atoms with Gasteiger partial charge in [-0.15, -0.1) is 5.10 Å². The summed E-state index contributed by atoms with van der Waals surface area (Å²) in [4.78, 5) is 43.2. The van der Waals surface area contributed by atoms with Crippen LogP contribution in [0.25, 0.3) is 11.0 Å². The van der Waals surface area contributed by atoms with E-state index in [4.69, 9.17) is 4.74 Å². The number of nitrogens with one attached hydrogen (secondary N) is 2. The summed E-state index contributed by atoms with van der Waals surface area (Å²) in [5.41, 5.74) is 0.394. The Bertz CT molecular complexity index is 1440. The highest BCUT2D eigenvalue weighted by Gasteiger charge is 2.79. The third-order valence-electron chi connectivity index (χ3n) is 9.14. The maximum absolute atomic E-state index is 14.3. The number of aromatic nitrogens is 3. The summed E-state index contributed by atoms with van der Waals surface area (Å²) in [5.74, 6) is -2.55. The minimum atomic E-state index is -1.18. The number of aliphatic hydroxyl groups excluding tert-OH is 1. The summed E-state index contributed by atoms with van der Waals surface area (Å²) >= 11 is 0. The molecular weight excluding hydrogens is 512 g/mol. The predicted molar refractivity (Wildman–Crippen MR) is 144 cm³/mol. The highest BCUT2D eigenvalue weighted by molar-refractivity contribution is 5.99. The van der Waals surface area contributed by atoms with E-state index in [-0.39, 0.29) is 25.1 Å². The van der Waals surface area contributed by atoms with Crippen LogP contribution in [0.2, 0.25) is 0 Å². The van der Waals surface area contributed by atoms with Gasteiger partial charge in [-0.3, -0.25) is 14.4 Å². The van der Waals surface area contributed by atoms with Gasteiger partial charge in [0, 0.05) is 7.05 Å². The number of aliphatic hydroxyl groups is 1. The number of ether oxygens (including phenoxy) is 1. The van der Waals surface area contributed by atoms with Crippen molar-refractivity contribution in [2.45, 2.75) is 62.6 Å². The van der Waals surface area contributed by atoms with Crippen molar-refractivity contribution in [1.29, 1.82) is 0 Å². The van der Waals surface area contributed by atoms with Gasteiger partial charge in [-0.05, 0) is 43.4 Å². The number of carbonyl (C=O) groups excluding carboxylic acids is 3. The Labute approximate surface area is 231 Å². The van der Waals surface area contributed by atoms with Gasteiger partial charge in [0.15, 0.2) is 0 Å². The molecule has 3 saturated heterocycles. The molecule has 2 bridgehead atoms. The van der Waals surface area contributed by atoms with Gasteiger partial charge in [-0.2, -0.15) is 0 Å². The van der Waals surface area contributed by atoms with Crippen LogP contribution in [0.3, 0.4) is 0 Å². The maximum Gasteiger partial charge on any atom is 0.247 e. The topological polar surface area (TPSA) is 139 Å². The zero-order valence-electron chi connectivity index (χ0n) is 22.6. The Morgan fingerprint density at radius 1 is 1.12 bits per heavy atom. The van der Waals surface area contributed by atoms with Crippen molar-refractivity contribution in [1.82, 2.24) is 30.5 Å². The van der Waals surface area contributed by atoms with Crippen LogP contribution in [0.1, 0.15) is 31.7 Å². The Kier molecular flexibility index (Phi) is 6.58. The van der Waals surface area contributed by atoms with Crippen molar-refractivity contribution in [3.05, 3.63) is 60.2 Å². The molecule has 0 radical (unpaired) electrons. The van der Waals surface area contributed by atoms with Crippen LogP contribution in [0.4, 0.5) is 0 Å². The second kappa shape index (κ2) is 9.97. The van der Waals surface area contributed by atoms with Crippen molar-refractivity contribution in [2.24, 2.45) is 11.8 Å². The molecule has 3 aliphatic rings. The van der Waals surface area contributed by atoms with Crippen LogP contribution in [0.5, 0.6) is 0 Å². The predicted octanol–water partition coefficient (Wildman–Crippen LogP) is 1.01. The van der Waals surface area contributed by atoms with Gasteiger partial charge in [0.1, 0.15) is 23.8 Å². The first-order valence-corrected chi connectivity index (χ1v) is 13.8. The Morgan fingerprint density at radius 2 is 1.88 bits per heavy atom. The van der Waals surface area contributed by atoms with Crippen molar-refractivity contribution in [3.63, 3.8) is 0 Å². The first-order valence-electron chi connectivity index (χ1n) is 13.8. The second-order valence-electron chi connectivity index (χ2n) is 11.0. The highest BCUT2D eigenvalue weighted by atomic mass is 16.5. The van der Waals surface area contributed by atoms with E-state index in [0.29, 0.717) is 31.2 Å². The molecule has 3 N–H and O–H groups in total. The summed E-state index contributed by atoms with van der Waals surface area (Å²) in [6, 6.07) is 15.3. The van der Waals surface area contributed by atoms with Gasteiger partial charge in [0.25, 0.3) is 0 Å². The van der Waals surface area contributed by atoms with Gasteiger partial charge in [-0.1, -0.05) is 54.6 Å². The number of hydrogen-bond acceptors (Lipinski definition) is 7. The van der Waals surface area contributed by atoms with E-state index in [1.165, 1.54) is 4.90 Å². The lowest BCUT2D eigenvalue weighted by atomic mass is 9.65. The molecule has 3 fully saturated rings. The fraction of sp³-hybridized carbons (Fsp3) is 0.483. The number of carbonyl (C=O) groups is 3. The average Bonchev–Trinajstić information content (AvgIpc) is 3.72. The number of para-hydroxylation sites is 1. The minimum absolute atomic E-state index is 0.0406. The first-order chi connectivity index (χ1) is 19.4. The van der Waals surface area contributed by atoms with Gasteiger partial charge in [0.05, 0.1) is 35.6 Å². The molecule has 11 nitrogen and oxygen atoms in total. The largest absolute Gasteiger partial charge is 0.394 e. The SMILES string of the molecule is CC[C@@]12CCC3(O1)C(C(=O)NCn1nnc4ccccc41)N([C@@H](CO)Cc1ccccc1)C(=O)[C@@H]3[C@@H]2C(=O)NC. The summed E-state index contributed by atoms with van der Waals surface area (Å²) in [6.45, 7) is 1.65. The normalized spacial score (nSPS) is 29.5. The van der Waals surface area contributed by atoms with Crippen LogP contribution < -0.4 is 10.6 Å². The van der Waals surface area contributed by atoms with E-state index in [1.54, 1.807) is 11.7 Å². The van der Waals surface area contributed by atoms with Crippen molar-refractivity contribution in [2.75, 3.05) is 13.7 Å². The minimum Gasteiger partial charge on any atom is -0.394 e. The number of hydrogen-bond donors (Lipinski definition) is 3. The molecule has 210 valence electrons. The van der Waals surface area contributed by atoms with Gasteiger partial charge in [0.2, 0.25) is 17.7 Å². The molecule has 4 heterocycles. The van der Waals surface area contributed by atoms with Crippen LogP contribution in [0, 0.1) is 11.8 Å². The van der Waals surface area contributed by atoms with Crippen molar-refractivity contribution < 1.29 is 24.2 Å². The van der Waals surface area contributed by atoms with Gasteiger partial charge >= 0.3 is 0 Å². The van der Waals surface area contributed by atoms with E-state index in [0.717, 1.165) is 11.1 Å². The summed E-state index contributed by atoms with van der Waals surface area (Å²) < 4.78 is 8.33. The maximum atomic E-state index is 14.3. The van der Waals surface area contributed by atoms with E-state index in [2.05, 4.69) is 20.9 Å². The number of amides is 3. The van der Waals surface area contributed by atoms with E-state index >= 15 is 0 Å². The number of benzene rings is 2. The molecule has 3 aromatic rings. The molecule has 2 unspecified atom stereocenters. The second-order valence-corrected chi connectivity index (χ2v) is 11.0. The molecule has 6 atom stereocenters. The molecule has 11 heteroatoms. The zero-order chi connectivity index (χ0) is 28.1. The summed E-state index contributed by atoms with van der Waals surface area (Å²) in [7, 11) is 1.56. The fourth-order valence-corrected chi connectivity index (χ4v) is 7.32. The Hall–Kier alpha value is -3.83. The van der Waals surface area contributed by atoms with Crippen molar-refractivity contribution in [3.8, 4) is 0 Å². The van der Waals surface area contributed by atoms with Crippen LogP contribution in [-0.2, 0) is 32.2 Å². The third-order valence-corrected chi connectivity index (χ3v) is 9.14. The van der Waals surface area contributed by atoms with Crippen LogP contribution in [-0.4, -0.2) is 79.7 Å². The fourth-order valence-electron chi connectivity index (χ4n) is 7.32. The summed E-state index contributed by atoms with van der Waals surface area (Å²) in [5, 5.41) is 24.5. The molecule has 40 heavy (non-hydrogen) atoms. The number of likely N-dealkylation sites (tertiary alicyclic amines) is 1. The van der Waals surface area contributed by atoms with Gasteiger partial charge in [-0.25, -0.2) is 4.68 Å². The summed E-state index contributed by atoms with van der Waals surface area (Å²) in [6.07, 6.45) is 1.94. The van der Waals surface area contributed by atoms with E-state index < -0.39 is 41.0 Å². The number of rotatable bonds is 9. The molecule has 0 saturated carbocycles. The molecule has 0 aliphatic carbocycles. The Balaban J connectivity index is 1.38. The molecule has 3 aliphatic heterocycles. The third kappa shape index (κ3) is 3.82. The standard InChI is InChI=1S/C29H34N6O5/c1-3-28-13-14-29(40-28)23(22(28)25(37)30-2)27(39)35(19(16-36)15-18-9-5-4-6-10-18)24(29)26(38)31-17-34-21-12-8-7-11-20(21)32-33-34/h4-12,19,22-24,36H,3,13-17H2,1-2H3,(H,30,37)(H,31,38)/t19-,22-,23+,24?,28+,29?/m1/s1. The quantitative estimate of drug-likeness (QED) is 0.364. The van der Waals surface area contributed by atoms with Gasteiger partial charge < -0.3 is 25.4 Å². The highest BCUT2D eigenvalue weighted by Crippen LogP contribution is 2.64. The molecule has 6 rings (SSSR count). The van der Waals surface area contributed by atoms with Crippen molar-refractivity contribution >= 4 is 28.8 Å². The first kappa shape index (κ1) is 26.4. The van der Waals surface area contributed by atoms with Crippen LogP contribution >= 0.6 is 0 Å². The van der Waals surface area contributed by atoms with E-state index in [1.807, 2.05) is 61.5 Å². The lowest BCUT2D eigenvalue weighted by molar-refractivity contribution is -0.151. The molecule has 2 aromatic carbocycles. The lowest BCUT2D eigenvalue weighted by Crippen LogP contribution is -2.58.